The molecule has 0 saturated carbocycles. The number of fused-ring (bicyclic) bond motifs is 3. The molecule has 3 N–H and O–H groups in total. The van der Waals surface area contributed by atoms with Gasteiger partial charge in [-0.2, -0.15) is 0 Å². The molecule has 0 aromatic heterocycles. The summed E-state index contributed by atoms with van der Waals surface area (Å²) in [5, 5.41) is 15.4. The average molecular weight is 708 g/mol. The van der Waals surface area contributed by atoms with Gasteiger partial charge in [0.25, 0.3) is 0 Å². The molecule has 1 fully saturated rings. The summed E-state index contributed by atoms with van der Waals surface area (Å²) < 4.78 is 11.5. The van der Waals surface area contributed by atoms with E-state index in [1.54, 1.807) is 17.1 Å². The molecule has 10 nitrogen and oxygen atoms in total. The predicted molar refractivity (Wildman–Crippen MR) is 199 cm³/mol. The Morgan fingerprint density at radius 1 is 0.885 bits per heavy atom. The van der Waals surface area contributed by atoms with Gasteiger partial charge in [0, 0.05) is 18.9 Å². The molecule has 1 aliphatic carbocycles. The van der Waals surface area contributed by atoms with E-state index in [0.717, 1.165) is 40.7 Å². The summed E-state index contributed by atoms with van der Waals surface area (Å²) in [6, 6.07) is 23.7. The van der Waals surface area contributed by atoms with Crippen LogP contribution in [-0.4, -0.2) is 78.4 Å². The molecule has 1 heterocycles. The largest absolute Gasteiger partial charge is 0.462 e. The third-order valence-electron chi connectivity index (χ3n) is 9.83. The van der Waals surface area contributed by atoms with E-state index >= 15 is 0 Å². The quantitative estimate of drug-likeness (QED) is 0.114. The number of hydrogen-bond acceptors (Lipinski definition) is 7. The Kier molecular flexibility index (Phi) is 13.8. The molecular weight excluding hydrogens is 658 g/mol. The van der Waals surface area contributed by atoms with Gasteiger partial charge in [0.1, 0.15) is 19.3 Å². The summed E-state index contributed by atoms with van der Waals surface area (Å²) in [6.07, 6.45) is 5.38. The van der Waals surface area contributed by atoms with Crippen LogP contribution in [0.25, 0.3) is 11.1 Å². The summed E-state index contributed by atoms with van der Waals surface area (Å²) in [6.45, 7) is 7.91. The van der Waals surface area contributed by atoms with Crippen LogP contribution in [0.2, 0.25) is 0 Å². The van der Waals surface area contributed by atoms with Crippen molar-refractivity contribution in [2.75, 3.05) is 26.4 Å². The highest BCUT2D eigenvalue weighted by Crippen LogP contribution is 2.44. The molecule has 3 aromatic carbocycles. The summed E-state index contributed by atoms with van der Waals surface area (Å²) in [7, 11) is 0. The minimum absolute atomic E-state index is 0.0279. The maximum atomic E-state index is 13.6. The normalized spacial score (nSPS) is 16.5. The molecule has 3 aromatic rings. The number of aliphatic hydroxyl groups is 1. The van der Waals surface area contributed by atoms with E-state index in [2.05, 4.69) is 35.9 Å². The van der Waals surface area contributed by atoms with Crippen molar-refractivity contribution in [2.24, 2.45) is 5.92 Å². The molecule has 10 heteroatoms. The zero-order valence-corrected chi connectivity index (χ0v) is 29.6. The SMILES string of the molecule is C=CCC[C@H](NC(=O)OCC1c2ccccc2-c2ccccc21)C(=O)OC[C@H](Cc1ccccc1)NC(=O)[C@H](CC=C)CC(=O)N1CCC[C@H]1CO. The van der Waals surface area contributed by atoms with Gasteiger partial charge >= 0.3 is 12.1 Å². The lowest BCUT2D eigenvalue weighted by Gasteiger charge is -2.26. The van der Waals surface area contributed by atoms with Crippen LogP contribution < -0.4 is 10.6 Å². The van der Waals surface area contributed by atoms with E-state index in [-0.39, 0.29) is 62.9 Å². The van der Waals surface area contributed by atoms with Crippen LogP contribution in [0.1, 0.15) is 61.1 Å². The third kappa shape index (κ3) is 9.76. The first-order chi connectivity index (χ1) is 25.3. The Hall–Kier alpha value is -5.22. The van der Waals surface area contributed by atoms with Crippen molar-refractivity contribution in [3.05, 3.63) is 121 Å². The minimum Gasteiger partial charge on any atom is -0.462 e. The number of benzene rings is 3. The first-order valence-corrected chi connectivity index (χ1v) is 18.1. The van der Waals surface area contributed by atoms with Gasteiger partial charge in [0.15, 0.2) is 0 Å². The van der Waals surface area contributed by atoms with Crippen molar-refractivity contribution in [3.8, 4) is 11.1 Å². The molecule has 274 valence electrons. The summed E-state index contributed by atoms with van der Waals surface area (Å²) >= 11 is 0. The third-order valence-corrected chi connectivity index (χ3v) is 9.83. The van der Waals surface area contributed by atoms with Crippen molar-refractivity contribution < 1.29 is 33.8 Å². The zero-order chi connectivity index (χ0) is 36.9. The molecule has 0 unspecified atom stereocenters. The Labute approximate surface area is 305 Å². The number of hydrogen-bond donors (Lipinski definition) is 3. The fraction of sp³-hybridized carbons (Fsp3) is 0.381. The molecule has 3 amide bonds. The highest BCUT2D eigenvalue weighted by molar-refractivity contribution is 5.86. The van der Waals surface area contributed by atoms with Gasteiger partial charge in [-0.1, -0.05) is 91.0 Å². The summed E-state index contributed by atoms with van der Waals surface area (Å²) in [5.74, 6) is -2.02. The van der Waals surface area contributed by atoms with Crippen LogP contribution in [-0.2, 0) is 30.3 Å². The summed E-state index contributed by atoms with van der Waals surface area (Å²) in [4.78, 5) is 55.0. The van der Waals surface area contributed by atoms with Crippen LogP contribution in [0, 0.1) is 5.92 Å². The highest BCUT2D eigenvalue weighted by Gasteiger charge is 2.33. The fourth-order valence-electron chi connectivity index (χ4n) is 7.13. The number of rotatable bonds is 18. The van der Waals surface area contributed by atoms with Gasteiger partial charge in [-0.15, -0.1) is 13.2 Å². The Morgan fingerprint density at radius 3 is 2.21 bits per heavy atom. The number of carbonyl (C=O) groups excluding carboxylic acids is 4. The minimum atomic E-state index is -1.01. The van der Waals surface area contributed by atoms with Crippen molar-refractivity contribution >= 4 is 23.9 Å². The van der Waals surface area contributed by atoms with Crippen LogP contribution in [0.4, 0.5) is 4.79 Å². The number of nitrogens with one attached hydrogen (secondary N) is 2. The maximum absolute atomic E-state index is 13.6. The zero-order valence-electron chi connectivity index (χ0n) is 29.6. The van der Waals surface area contributed by atoms with Crippen LogP contribution in [0.5, 0.6) is 0 Å². The van der Waals surface area contributed by atoms with E-state index in [9.17, 15) is 24.3 Å². The highest BCUT2D eigenvalue weighted by atomic mass is 16.6. The second kappa shape index (κ2) is 18.9. The van der Waals surface area contributed by atoms with Gasteiger partial charge in [-0.25, -0.2) is 9.59 Å². The van der Waals surface area contributed by atoms with Crippen molar-refractivity contribution in [2.45, 2.75) is 69.0 Å². The molecule has 1 aliphatic heterocycles. The molecule has 4 atom stereocenters. The molecule has 2 aliphatic rings. The Bertz CT molecular complexity index is 1660. The molecule has 5 rings (SSSR count). The van der Waals surface area contributed by atoms with E-state index in [4.69, 9.17) is 9.47 Å². The van der Waals surface area contributed by atoms with E-state index in [1.807, 2.05) is 66.7 Å². The number of aliphatic hydroxyl groups excluding tert-OH is 1. The van der Waals surface area contributed by atoms with Gasteiger partial charge in [-0.05, 0) is 66.3 Å². The van der Waals surface area contributed by atoms with Crippen LogP contribution in [0.3, 0.4) is 0 Å². The van der Waals surface area contributed by atoms with Crippen molar-refractivity contribution in [1.82, 2.24) is 15.5 Å². The lowest BCUT2D eigenvalue weighted by Crippen LogP contribution is -2.47. The second-order valence-corrected chi connectivity index (χ2v) is 13.4. The fourth-order valence-corrected chi connectivity index (χ4v) is 7.13. The molecule has 0 radical (unpaired) electrons. The van der Waals surface area contributed by atoms with Crippen molar-refractivity contribution in [1.29, 1.82) is 0 Å². The average Bonchev–Trinajstić information content (AvgIpc) is 3.77. The molecule has 0 bridgehead atoms. The van der Waals surface area contributed by atoms with E-state index < -0.39 is 30.1 Å². The number of carbonyl (C=O) groups is 4. The first-order valence-electron chi connectivity index (χ1n) is 18.1. The Morgan fingerprint density at radius 2 is 1.56 bits per heavy atom. The smallest absolute Gasteiger partial charge is 0.407 e. The molecule has 0 spiro atoms. The lowest BCUT2D eigenvalue weighted by atomic mass is 9.98. The second-order valence-electron chi connectivity index (χ2n) is 13.4. The standard InChI is InChI=1S/C42H49N3O7/c1-3-5-22-38(44-42(50)52-28-37-35-20-11-9-18-33(35)34-19-10-12-21-36(34)37)41(49)51-27-31(24-29-15-7-6-8-16-29)43-40(48)30(14-4-2)25-39(47)45-23-13-17-32(45)26-46/h3-4,6-12,15-16,18-21,30-32,37-38,46H,1-2,5,13-14,17,22-28H2,(H,43,48)(H,44,50)/t30-,31+,32+,38+/m1/s1. The number of alkyl carbamates (subject to hydrolysis) is 1. The van der Waals surface area contributed by atoms with Gasteiger partial charge in [0.2, 0.25) is 11.8 Å². The summed E-state index contributed by atoms with van der Waals surface area (Å²) in [5.41, 5.74) is 5.30. The molecule has 52 heavy (non-hydrogen) atoms. The number of ether oxygens (including phenoxy) is 2. The number of esters is 1. The Balaban J connectivity index is 1.21. The van der Waals surface area contributed by atoms with Crippen LogP contribution >= 0.6 is 0 Å². The topological polar surface area (TPSA) is 134 Å². The van der Waals surface area contributed by atoms with E-state index in [0.29, 0.717) is 19.4 Å². The first kappa shape index (κ1) is 38.0. The lowest BCUT2D eigenvalue weighted by molar-refractivity contribution is -0.147. The number of amides is 3. The van der Waals surface area contributed by atoms with Crippen LogP contribution in [0.15, 0.2) is 104 Å². The van der Waals surface area contributed by atoms with Gasteiger partial charge < -0.3 is 30.1 Å². The van der Waals surface area contributed by atoms with Gasteiger partial charge in [-0.3, -0.25) is 9.59 Å². The van der Waals surface area contributed by atoms with E-state index in [1.165, 1.54) is 0 Å². The maximum Gasteiger partial charge on any atom is 0.407 e. The molecule has 1 saturated heterocycles. The molecular formula is C42H49N3O7. The van der Waals surface area contributed by atoms with Crippen molar-refractivity contribution in [3.63, 3.8) is 0 Å². The monoisotopic (exact) mass is 707 g/mol. The van der Waals surface area contributed by atoms with Gasteiger partial charge in [0.05, 0.1) is 24.6 Å². The number of nitrogens with zero attached hydrogens (tertiary/aromatic N) is 1. The number of likely N-dealkylation sites (tertiary alicyclic amines) is 1. The predicted octanol–water partition coefficient (Wildman–Crippen LogP) is 5.70. The number of allylic oxidation sites excluding steroid dienone is 2.